The van der Waals surface area contributed by atoms with Crippen LogP contribution in [0.15, 0.2) is 0 Å². The maximum absolute atomic E-state index is 2.55. The lowest BCUT2D eigenvalue weighted by Gasteiger charge is -2.48. The molecule has 0 atom stereocenters. The molecular weight excluding hydrogens is 266 g/mol. The Morgan fingerprint density at radius 3 is 1.68 bits per heavy atom. The lowest BCUT2D eigenvalue weighted by Crippen LogP contribution is -2.59. The van der Waals surface area contributed by atoms with E-state index in [2.05, 4.69) is 27.8 Å². The Balaban J connectivity index is 2.34. The van der Waals surface area contributed by atoms with Crippen LogP contribution in [0.3, 0.4) is 0 Å². The fourth-order valence-electron chi connectivity index (χ4n) is 4.13. The Bertz CT molecular complexity index is 259. The van der Waals surface area contributed by atoms with E-state index in [0.29, 0.717) is 5.54 Å². The molecule has 0 aromatic heterocycles. The Kier molecular flexibility index (Phi) is 9.71. The lowest BCUT2D eigenvalue weighted by atomic mass is 9.90. The van der Waals surface area contributed by atoms with Crippen LogP contribution in [0.4, 0.5) is 0 Å². The third-order valence-electron chi connectivity index (χ3n) is 6.41. The molecule has 0 radical (unpaired) electrons. The topological polar surface area (TPSA) is 0 Å². The number of unbranched alkanes of at least 4 members (excludes halogenated alkanes) is 6. The first-order chi connectivity index (χ1) is 10.5. The van der Waals surface area contributed by atoms with Crippen molar-refractivity contribution in [3.8, 4) is 0 Å². The van der Waals surface area contributed by atoms with E-state index >= 15 is 0 Å². The van der Waals surface area contributed by atoms with E-state index < -0.39 is 0 Å². The molecule has 0 unspecified atom stereocenters. The standard InChI is InChI=1S/C21H44N/c1-5-6-7-8-9-12-15-18-21(2,3)22(4)19-16-13-10-11-14-17-20-22/h5-20H2,1-4H3/q+1. The first-order valence-electron chi connectivity index (χ1n) is 10.4. The Morgan fingerprint density at radius 1 is 0.682 bits per heavy atom. The van der Waals surface area contributed by atoms with E-state index in [1.54, 1.807) is 0 Å². The van der Waals surface area contributed by atoms with Crippen LogP contribution in [0.1, 0.15) is 111 Å². The number of hydrogen-bond acceptors (Lipinski definition) is 0. The van der Waals surface area contributed by atoms with Crippen LogP contribution in [0.2, 0.25) is 0 Å². The molecule has 0 aromatic rings. The van der Waals surface area contributed by atoms with E-state index in [0.717, 1.165) is 0 Å². The van der Waals surface area contributed by atoms with Crippen LogP contribution in [-0.2, 0) is 0 Å². The molecule has 1 rings (SSSR count). The van der Waals surface area contributed by atoms with Crippen molar-refractivity contribution >= 4 is 0 Å². The van der Waals surface area contributed by atoms with Gasteiger partial charge < -0.3 is 4.48 Å². The number of quaternary nitrogens is 1. The molecule has 1 nitrogen and oxygen atoms in total. The van der Waals surface area contributed by atoms with Gasteiger partial charge in [0.1, 0.15) is 0 Å². The molecule has 132 valence electrons. The molecule has 1 aliphatic rings. The zero-order valence-electron chi connectivity index (χ0n) is 16.3. The van der Waals surface area contributed by atoms with Crippen molar-refractivity contribution in [1.82, 2.24) is 0 Å². The highest BCUT2D eigenvalue weighted by molar-refractivity contribution is 4.71. The van der Waals surface area contributed by atoms with Crippen LogP contribution in [0.5, 0.6) is 0 Å². The van der Waals surface area contributed by atoms with Gasteiger partial charge >= 0.3 is 0 Å². The van der Waals surface area contributed by atoms with Crippen LogP contribution in [0.25, 0.3) is 0 Å². The molecule has 0 bridgehead atoms. The monoisotopic (exact) mass is 310 g/mol. The van der Waals surface area contributed by atoms with Crippen LogP contribution in [0, 0.1) is 0 Å². The highest BCUT2D eigenvalue weighted by Crippen LogP contribution is 2.31. The second kappa shape index (κ2) is 10.7. The SMILES string of the molecule is CCCCCCCCCC(C)(C)[N+]1(C)CCCCCCCC1. The van der Waals surface area contributed by atoms with Gasteiger partial charge in [0.25, 0.3) is 0 Å². The fraction of sp³-hybridized carbons (Fsp3) is 1.00. The van der Waals surface area contributed by atoms with E-state index in [1.165, 1.54) is 107 Å². The quantitative estimate of drug-likeness (QED) is 0.328. The predicted octanol–water partition coefficient (Wildman–Crippen LogP) is 6.71. The van der Waals surface area contributed by atoms with Crippen molar-refractivity contribution in [2.24, 2.45) is 0 Å². The van der Waals surface area contributed by atoms with Crippen molar-refractivity contribution in [1.29, 1.82) is 0 Å². The summed E-state index contributed by atoms with van der Waals surface area (Å²) in [6.45, 7) is 10.2. The molecule has 0 spiro atoms. The molecule has 1 heteroatoms. The first-order valence-corrected chi connectivity index (χ1v) is 10.4. The van der Waals surface area contributed by atoms with E-state index in [9.17, 15) is 0 Å². The molecule has 0 amide bonds. The van der Waals surface area contributed by atoms with Crippen LogP contribution in [-0.4, -0.2) is 30.2 Å². The molecule has 1 heterocycles. The Hall–Kier alpha value is -0.0400. The fourth-order valence-corrected chi connectivity index (χ4v) is 4.13. The average Bonchev–Trinajstić information content (AvgIpc) is 2.59. The summed E-state index contributed by atoms with van der Waals surface area (Å²) < 4.78 is 1.32. The molecule has 0 aromatic carbocycles. The van der Waals surface area contributed by atoms with Gasteiger partial charge in [0, 0.05) is 6.42 Å². The van der Waals surface area contributed by atoms with Gasteiger partial charge in [-0.25, -0.2) is 0 Å². The van der Waals surface area contributed by atoms with Gasteiger partial charge in [-0.2, -0.15) is 0 Å². The Labute approximate surface area is 141 Å². The maximum Gasteiger partial charge on any atom is 0.0933 e. The van der Waals surface area contributed by atoms with Crippen molar-refractivity contribution in [3.63, 3.8) is 0 Å². The van der Waals surface area contributed by atoms with Crippen molar-refractivity contribution in [3.05, 3.63) is 0 Å². The van der Waals surface area contributed by atoms with E-state index in [4.69, 9.17) is 0 Å². The highest BCUT2D eigenvalue weighted by atomic mass is 15.4. The smallest absolute Gasteiger partial charge is 0.0933 e. The van der Waals surface area contributed by atoms with Crippen molar-refractivity contribution in [2.45, 2.75) is 116 Å². The zero-order valence-corrected chi connectivity index (χ0v) is 16.3. The van der Waals surface area contributed by atoms with E-state index in [-0.39, 0.29) is 0 Å². The summed E-state index contributed by atoms with van der Waals surface area (Å²) >= 11 is 0. The minimum Gasteiger partial charge on any atom is -0.322 e. The van der Waals surface area contributed by atoms with Gasteiger partial charge in [-0.05, 0) is 46.0 Å². The number of rotatable bonds is 9. The molecule has 1 aliphatic heterocycles. The summed E-state index contributed by atoms with van der Waals surface area (Å²) in [5.74, 6) is 0. The van der Waals surface area contributed by atoms with Gasteiger partial charge in [-0.1, -0.05) is 58.3 Å². The van der Waals surface area contributed by atoms with Gasteiger partial charge in [0.05, 0.1) is 25.7 Å². The summed E-state index contributed by atoms with van der Waals surface area (Å²) in [4.78, 5) is 0. The van der Waals surface area contributed by atoms with E-state index in [1.807, 2.05) is 0 Å². The average molecular weight is 311 g/mol. The second-order valence-electron chi connectivity index (χ2n) is 8.65. The predicted molar refractivity (Wildman–Crippen MR) is 100 cm³/mol. The van der Waals surface area contributed by atoms with Crippen molar-refractivity contribution < 1.29 is 4.48 Å². The minimum absolute atomic E-state index is 0.466. The molecule has 0 N–H and O–H groups in total. The van der Waals surface area contributed by atoms with Gasteiger partial charge in [-0.15, -0.1) is 0 Å². The third kappa shape index (κ3) is 7.02. The largest absolute Gasteiger partial charge is 0.322 e. The summed E-state index contributed by atoms with van der Waals surface area (Å²) in [5, 5.41) is 0. The molecule has 0 saturated carbocycles. The number of hydrogen-bond donors (Lipinski definition) is 0. The second-order valence-corrected chi connectivity index (χ2v) is 8.65. The van der Waals surface area contributed by atoms with Gasteiger partial charge in [0.15, 0.2) is 0 Å². The minimum atomic E-state index is 0.466. The molecule has 1 fully saturated rings. The molecule has 0 aliphatic carbocycles. The zero-order chi connectivity index (χ0) is 16.3. The first kappa shape index (κ1) is 20.0. The normalized spacial score (nSPS) is 20.2. The van der Waals surface area contributed by atoms with Gasteiger partial charge in [0.2, 0.25) is 0 Å². The molecular formula is C21H44N+. The summed E-state index contributed by atoms with van der Waals surface area (Å²) in [6.07, 6.45) is 20.2. The van der Waals surface area contributed by atoms with Crippen molar-refractivity contribution in [2.75, 3.05) is 20.1 Å². The highest BCUT2D eigenvalue weighted by Gasteiger charge is 2.38. The third-order valence-corrected chi connectivity index (χ3v) is 6.41. The summed E-state index contributed by atoms with van der Waals surface area (Å²) in [7, 11) is 2.55. The Morgan fingerprint density at radius 2 is 1.14 bits per heavy atom. The molecule has 22 heavy (non-hydrogen) atoms. The van der Waals surface area contributed by atoms with Crippen LogP contribution >= 0.6 is 0 Å². The maximum atomic E-state index is 2.55. The lowest BCUT2D eigenvalue weighted by molar-refractivity contribution is -0.956. The van der Waals surface area contributed by atoms with Gasteiger partial charge in [-0.3, -0.25) is 0 Å². The molecule has 1 saturated heterocycles. The number of nitrogens with zero attached hydrogens (tertiary/aromatic N) is 1. The van der Waals surface area contributed by atoms with Crippen LogP contribution < -0.4 is 0 Å². The summed E-state index contributed by atoms with van der Waals surface area (Å²) in [6, 6.07) is 0. The summed E-state index contributed by atoms with van der Waals surface area (Å²) in [5.41, 5.74) is 0.466.